The minimum absolute atomic E-state index is 0.159. The molecule has 2 aromatic rings. The van der Waals surface area contributed by atoms with Crippen LogP contribution in [0.1, 0.15) is 31.2 Å². The molecule has 1 N–H and O–H groups in total. The normalized spacial score (nSPS) is 16.6. The fraction of sp³-hybridized carbons (Fsp3) is 0.368. The summed E-state index contributed by atoms with van der Waals surface area (Å²) in [4.78, 5) is 8.07. The van der Waals surface area contributed by atoms with Gasteiger partial charge in [-0.3, -0.25) is 0 Å². The van der Waals surface area contributed by atoms with E-state index in [1.165, 1.54) is 23.9 Å². The van der Waals surface area contributed by atoms with Crippen molar-refractivity contribution in [3.05, 3.63) is 47.3 Å². The van der Waals surface area contributed by atoms with Crippen LogP contribution in [0.2, 0.25) is 6.82 Å². The predicted molar refractivity (Wildman–Crippen MR) is 99.1 cm³/mol. The largest absolute Gasteiger partial charge is 0.483 e. The summed E-state index contributed by atoms with van der Waals surface area (Å²) in [5.41, 5.74) is 3.88. The Morgan fingerprint density at radius 3 is 2.92 bits per heavy atom. The second-order valence-corrected chi connectivity index (χ2v) is 6.65. The maximum atomic E-state index is 7.32. The summed E-state index contributed by atoms with van der Waals surface area (Å²) < 4.78 is 11.6. The molecule has 1 fully saturated rings. The maximum absolute atomic E-state index is 7.32. The van der Waals surface area contributed by atoms with E-state index < -0.39 is 0 Å². The van der Waals surface area contributed by atoms with Crippen molar-refractivity contribution in [1.82, 2.24) is 4.98 Å². The standard InChI is InChI=1S/C19H20BN3O2/c1-20-16-8-7-14(11-13(16)12-24-20)22-18-10-9-17(21-2)19(23-18)25-15-5-3-4-6-15/h7-11,15H,3-6,12H2,1H3,(H,22,23). The van der Waals surface area contributed by atoms with Gasteiger partial charge in [0.25, 0.3) is 0 Å². The first kappa shape index (κ1) is 16.0. The molecule has 0 amide bonds. The summed E-state index contributed by atoms with van der Waals surface area (Å²) >= 11 is 0. The van der Waals surface area contributed by atoms with Gasteiger partial charge >= 0.3 is 6.92 Å². The molecule has 0 spiro atoms. The number of rotatable bonds is 4. The number of pyridine rings is 1. The first-order valence-electron chi connectivity index (χ1n) is 8.79. The number of benzene rings is 1. The Morgan fingerprint density at radius 2 is 2.12 bits per heavy atom. The molecule has 2 heterocycles. The Labute approximate surface area is 148 Å². The van der Waals surface area contributed by atoms with Crippen molar-refractivity contribution in [3.63, 3.8) is 0 Å². The number of nitrogens with one attached hydrogen (secondary N) is 1. The third-order valence-corrected chi connectivity index (χ3v) is 4.88. The molecule has 0 unspecified atom stereocenters. The van der Waals surface area contributed by atoms with Gasteiger partial charge in [0.15, 0.2) is 0 Å². The predicted octanol–water partition coefficient (Wildman–Crippen LogP) is 4.06. The summed E-state index contributed by atoms with van der Waals surface area (Å²) in [5.74, 6) is 1.12. The third kappa shape index (κ3) is 3.33. The molecule has 1 aromatic carbocycles. The lowest BCUT2D eigenvalue weighted by Crippen LogP contribution is -2.23. The average molecular weight is 333 g/mol. The highest BCUT2D eigenvalue weighted by Gasteiger charge is 2.23. The van der Waals surface area contributed by atoms with Crippen LogP contribution in [0.4, 0.5) is 17.2 Å². The van der Waals surface area contributed by atoms with E-state index in [-0.39, 0.29) is 13.0 Å². The van der Waals surface area contributed by atoms with E-state index in [9.17, 15) is 0 Å². The molecule has 0 saturated heterocycles. The van der Waals surface area contributed by atoms with Gasteiger partial charge in [-0.25, -0.2) is 9.83 Å². The van der Waals surface area contributed by atoms with E-state index in [1.807, 2.05) is 12.1 Å². The first-order valence-corrected chi connectivity index (χ1v) is 8.79. The van der Waals surface area contributed by atoms with E-state index >= 15 is 0 Å². The quantitative estimate of drug-likeness (QED) is 0.677. The monoisotopic (exact) mass is 333 g/mol. The Morgan fingerprint density at radius 1 is 1.28 bits per heavy atom. The molecule has 4 rings (SSSR count). The van der Waals surface area contributed by atoms with Crippen LogP contribution in [0.25, 0.3) is 4.85 Å². The van der Waals surface area contributed by atoms with Gasteiger partial charge < -0.3 is 14.7 Å². The molecule has 126 valence electrons. The molecule has 0 bridgehead atoms. The Balaban J connectivity index is 1.55. The van der Waals surface area contributed by atoms with Crippen LogP contribution in [0, 0.1) is 6.57 Å². The highest BCUT2D eigenvalue weighted by Crippen LogP contribution is 2.32. The number of ether oxygens (including phenoxy) is 1. The van der Waals surface area contributed by atoms with Crippen molar-refractivity contribution in [3.8, 4) is 5.88 Å². The Hall–Kier alpha value is -2.52. The molecule has 5 nitrogen and oxygen atoms in total. The van der Waals surface area contributed by atoms with Crippen molar-refractivity contribution >= 4 is 29.6 Å². The molecule has 6 heteroatoms. The van der Waals surface area contributed by atoms with Crippen molar-refractivity contribution in [1.29, 1.82) is 0 Å². The number of hydrogen-bond acceptors (Lipinski definition) is 4. The van der Waals surface area contributed by atoms with E-state index in [0.717, 1.165) is 18.5 Å². The highest BCUT2D eigenvalue weighted by atomic mass is 16.5. The lowest BCUT2D eigenvalue weighted by atomic mass is 9.64. The van der Waals surface area contributed by atoms with Crippen LogP contribution in [0.15, 0.2) is 30.3 Å². The molecular weight excluding hydrogens is 313 g/mol. The fourth-order valence-electron chi connectivity index (χ4n) is 3.50. The van der Waals surface area contributed by atoms with E-state index in [2.05, 4.69) is 34.1 Å². The topological polar surface area (TPSA) is 47.7 Å². The third-order valence-electron chi connectivity index (χ3n) is 4.88. The highest BCUT2D eigenvalue weighted by molar-refractivity contribution is 6.67. The molecule has 25 heavy (non-hydrogen) atoms. The minimum Gasteiger partial charge on any atom is -0.483 e. The average Bonchev–Trinajstić information content (AvgIpc) is 3.25. The molecule has 1 aromatic heterocycles. The van der Waals surface area contributed by atoms with Crippen molar-refractivity contribution < 1.29 is 9.39 Å². The van der Waals surface area contributed by atoms with Gasteiger partial charge in [-0.05, 0) is 61.0 Å². The maximum Gasteiger partial charge on any atom is 0.324 e. The van der Waals surface area contributed by atoms with Crippen LogP contribution in [-0.2, 0) is 11.3 Å². The zero-order valence-electron chi connectivity index (χ0n) is 14.3. The van der Waals surface area contributed by atoms with Crippen LogP contribution >= 0.6 is 0 Å². The van der Waals surface area contributed by atoms with Gasteiger partial charge in [0.05, 0.1) is 19.3 Å². The molecular formula is C19H20BN3O2. The van der Waals surface area contributed by atoms with Crippen LogP contribution in [0.3, 0.4) is 0 Å². The van der Waals surface area contributed by atoms with Crippen LogP contribution in [0.5, 0.6) is 5.88 Å². The van der Waals surface area contributed by atoms with Crippen molar-refractivity contribution in [2.75, 3.05) is 5.32 Å². The van der Waals surface area contributed by atoms with E-state index in [4.69, 9.17) is 16.0 Å². The number of fused-ring (bicyclic) bond motifs is 1. The number of aromatic nitrogens is 1. The summed E-state index contributed by atoms with van der Waals surface area (Å²) in [5, 5.41) is 3.32. The second kappa shape index (κ2) is 6.77. The lowest BCUT2D eigenvalue weighted by Gasteiger charge is -2.15. The zero-order chi connectivity index (χ0) is 17.2. The molecule has 0 atom stereocenters. The molecule has 1 aliphatic heterocycles. The fourth-order valence-corrected chi connectivity index (χ4v) is 3.50. The van der Waals surface area contributed by atoms with Crippen LogP contribution in [-0.4, -0.2) is 18.0 Å². The number of anilines is 2. The summed E-state index contributed by atoms with van der Waals surface area (Å²) in [6.45, 7) is 10.2. The molecule has 1 saturated carbocycles. The summed E-state index contributed by atoms with van der Waals surface area (Å²) in [6.07, 6.45) is 4.64. The summed E-state index contributed by atoms with van der Waals surface area (Å²) in [6, 6.07) is 9.82. The first-order chi connectivity index (χ1) is 12.2. The number of nitrogens with zero attached hydrogens (tertiary/aromatic N) is 2. The van der Waals surface area contributed by atoms with E-state index in [0.29, 0.717) is 24.0 Å². The molecule has 2 aliphatic rings. The van der Waals surface area contributed by atoms with Crippen molar-refractivity contribution in [2.45, 2.75) is 45.2 Å². The van der Waals surface area contributed by atoms with Crippen LogP contribution < -0.4 is 15.5 Å². The lowest BCUT2D eigenvalue weighted by molar-refractivity contribution is 0.203. The smallest absolute Gasteiger partial charge is 0.324 e. The molecule has 1 aliphatic carbocycles. The zero-order valence-corrected chi connectivity index (χ0v) is 14.3. The second-order valence-electron chi connectivity index (χ2n) is 6.65. The Kier molecular flexibility index (Phi) is 4.33. The minimum atomic E-state index is 0.159. The van der Waals surface area contributed by atoms with Gasteiger partial charge in [-0.2, -0.15) is 0 Å². The van der Waals surface area contributed by atoms with Gasteiger partial charge in [-0.1, -0.05) is 12.9 Å². The van der Waals surface area contributed by atoms with Crippen molar-refractivity contribution in [2.24, 2.45) is 0 Å². The van der Waals surface area contributed by atoms with Gasteiger partial charge in [0.1, 0.15) is 5.82 Å². The SMILES string of the molecule is [C-]#[N+]c1ccc(Nc2ccc3c(c2)COB3C)nc1OC1CCCC1. The summed E-state index contributed by atoms with van der Waals surface area (Å²) in [7, 11) is 0. The van der Waals surface area contributed by atoms with Gasteiger partial charge in [-0.15, -0.1) is 0 Å². The Bertz CT molecular complexity index is 828. The van der Waals surface area contributed by atoms with E-state index in [1.54, 1.807) is 6.07 Å². The van der Waals surface area contributed by atoms with Gasteiger partial charge in [0.2, 0.25) is 11.6 Å². The van der Waals surface area contributed by atoms with Gasteiger partial charge in [0, 0.05) is 5.69 Å². The molecule has 0 radical (unpaired) electrons. The number of hydrogen-bond donors (Lipinski definition) is 1.